The molecule has 0 saturated heterocycles. The molecule has 0 aromatic heterocycles. The van der Waals surface area contributed by atoms with Crippen molar-refractivity contribution in [3.63, 3.8) is 0 Å². The smallest absolute Gasteiger partial charge is 0.107 e. The molecule has 0 spiro atoms. The van der Waals surface area contributed by atoms with Crippen molar-refractivity contribution in [2.75, 3.05) is 6.54 Å². The SMILES string of the molecule is CC(CN)C(F)C1CCCC1. The number of rotatable bonds is 3. The van der Waals surface area contributed by atoms with Crippen LogP contribution in [0.15, 0.2) is 0 Å². The Kier molecular flexibility index (Phi) is 3.31. The lowest BCUT2D eigenvalue weighted by Crippen LogP contribution is -2.27. The Morgan fingerprint density at radius 3 is 2.45 bits per heavy atom. The van der Waals surface area contributed by atoms with Crippen molar-refractivity contribution < 1.29 is 4.39 Å². The Labute approximate surface area is 68.2 Å². The van der Waals surface area contributed by atoms with Crippen LogP contribution in [0.5, 0.6) is 0 Å². The first-order chi connectivity index (χ1) is 5.25. The van der Waals surface area contributed by atoms with E-state index in [1.54, 1.807) is 0 Å². The summed E-state index contributed by atoms with van der Waals surface area (Å²) in [6.07, 6.45) is 3.92. The lowest BCUT2D eigenvalue weighted by atomic mass is 9.92. The third-order valence-electron chi connectivity index (χ3n) is 2.77. The quantitative estimate of drug-likeness (QED) is 0.670. The van der Waals surface area contributed by atoms with Gasteiger partial charge in [-0.3, -0.25) is 0 Å². The second-order valence-electron chi connectivity index (χ2n) is 3.70. The molecule has 0 aliphatic heterocycles. The first kappa shape index (κ1) is 8.98. The molecule has 1 nitrogen and oxygen atoms in total. The molecule has 0 bridgehead atoms. The van der Waals surface area contributed by atoms with Crippen LogP contribution in [0, 0.1) is 11.8 Å². The fraction of sp³-hybridized carbons (Fsp3) is 1.00. The van der Waals surface area contributed by atoms with E-state index in [1.165, 1.54) is 12.8 Å². The van der Waals surface area contributed by atoms with E-state index < -0.39 is 6.17 Å². The van der Waals surface area contributed by atoms with Crippen molar-refractivity contribution in [2.45, 2.75) is 38.8 Å². The van der Waals surface area contributed by atoms with Crippen molar-refractivity contribution in [1.29, 1.82) is 0 Å². The van der Waals surface area contributed by atoms with Gasteiger partial charge in [0.05, 0.1) is 0 Å². The average molecular weight is 159 g/mol. The van der Waals surface area contributed by atoms with Gasteiger partial charge in [0.2, 0.25) is 0 Å². The summed E-state index contributed by atoms with van der Waals surface area (Å²) in [5, 5.41) is 0. The molecule has 0 amide bonds. The van der Waals surface area contributed by atoms with Crippen molar-refractivity contribution in [3.05, 3.63) is 0 Å². The van der Waals surface area contributed by atoms with E-state index in [0.29, 0.717) is 12.5 Å². The van der Waals surface area contributed by atoms with Crippen LogP contribution < -0.4 is 5.73 Å². The maximum absolute atomic E-state index is 13.4. The maximum atomic E-state index is 13.4. The first-order valence-corrected chi connectivity index (χ1v) is 4.60. The molecule has 2 unspecified atom stereocenters. The molecule has 0 radical (unpaired) electrons. The summed E-state index contributed by atoms with van der Waals surface area (Å²) in [7, 11) is 0. The first-order valence-electron chi connectivity index (χ1n) is 4.60. The minimum atomic E-state index is -0.650. The fourth-order valence-electron chi connectivity index (χ4n) is 1.87. The minimum Gasteiger partial charge on any atom is -0.330 e. The molecular weight excluding hydrogens is 141 g/mol. The highest BCUT2D eigenvalue weighted by molar-refractivity contribution is 4.78. The van der Waals surface area contributed by atoms with E-state index in [0.717, 1.165) is 12.8 Å². The Bertz CT molecular complexity index is 110. The highest BCUT2D eigenvalue weighted by Crippen LogP contribution is 2.32. The van der Waals surface area contributed by atoms with E-state index in [2.05, 4.69) is 0 Å². The lowest BCUT2D eigenvalue weighted by molar-refractivity contribution is 0.165. The van der Waals surface area contributed by atoms with E-state index >= 15 is 0 Å². The van der Waals surface area contributed by atoms with Gasteiger partial charge < -0.3 is 5.73 Å². The van der Waals surface area contributed by atoms with E-state index in [1.807, 2.05) is 6.92 Å². The lowest BCUT2D eigenvalue weighted by Gasteiger charge is -2.20. The van der Waals surface area contributed by atoms with Crippen LogP contribution in [-0.4, -0.2) is 12.7 Å². The van der Waals surface area contributed by atoms with Gasteiger partial charge in [0.1, 0.15) is 6.17 Å². The number of hydrogen-bond donors (Lipinski definition) is 1. The van der Waals surface area contributed by atoms with Crippen molar-refractivity contribution in [1.82, 2.24) is 0 Å². The van der Waals surface area contributed by atoms with Crippen molar-refractivity contribution >= 4 is 0 Å². The van der Waals surface area contributed by atoms with E-state index in [4.69, 9.17) is 5.73 Å². The second-order valence-corrected chi connectivity index (χ2v) is 3.70. The molecular formula is C9H18FN. The largest absolute Gasteiger partial charge is 0.330 e. The molecule has 0 heterocycles. The van der Waals surface area contributed by atoms with Crippen LogP contribution in [-0.2, 0) is 0 Å². The number of halogens is 1. The molecule has 11 heavy (non-hydrogen) atoms. The minimum absolute atomic E-state index is 0.0538. The zero-order valence-corrected chi connectivity index (χ0v) is 7.22. The van der Waals surface area contributed by atoms with Crippen LogP contribution in [0.25, 0.3) is 0 Å². The monoisotopic (exact) mass is 159 g/mol. The molecule has 1 rings (SSSR count). The Morgan fingerprint density at radius 2 is 2.00 bits per heavy atom. The highest BCUT2D eigenvalue weighted by Gasteiger charge is 2.28. The van der Waals surface area contributed by atoms with Gasteiger partial charge in [-0.05, 0) is 31.2 Å². The maximum Gasteiger partial charge on any atom is 0.107 e. The topological polar surface area (TPSA) is 26.0 Å². The zero-order valence-electron chi connectivity index (χ0n) is 7.22. The predicted octanol–water partition coefficient (Wildman–Crippen LogP) is 2.11. The molecule has 0 aromatic carbocycles. The van der Waals surface area contributed by atoms with Gasteiger partial charge in [0.25, 0.3) is 0 Å². The molecule has 1 saturated carbocycles. The fourth-order valence-corrected chi connectivity index (χ4v) is 1.87. The molecule has 1 aliphatic rings. The van der Waals surface area contributed by atoms with Gasteiger partial charge in [0.15, 0.2) is 0 Å². The summed E-state index contributed by atoms with van der Waals surface area (Å²) in [6, 6.07) is 0. The molecule has 2 atom stereocenters. The summed E-state index contributed by atoms with van der Waals surface area (Å²) in [4.78, 5) is 0. The summed E-state index contributed by atoms with van der Waals surface area (Å²) >= 11 is 0. The molecule has 0 aromatic rings. The molecule has 1 aliphatic carbocycles. The summed E-state index contributed by atoms with van der Waals surface area (Å²) < 4.78 is 13.4. The van der Waals surface area contributed by atoms with Crippen LogP contribution in [0.1, 0.15) is 32.6 Å². The number of hydrogen-bond acceptors (Lipinski definition) is 1. The number of alkyl halides is 1. The van der Waals surface area contributed by atoms with Gasteiger partial charge in [-0.25, -0.2) is 4.39 Å². The van der Waals surface area contributed by atoms with Gasteiger partial charge in [-0.15, -0.1) is 0 Å². The van der Waals surface area contributed by atoms with E-state index in [-0.39, 0.29) is 5.92 Å². The van der Waals surface area contributed by atoms with Crippen LogP contribution in [0.2, 0.25) is 0 Å². The average Bonchev–Trinajstić information content (AvgIpc) is 2.53. The van der Waals surface area contributed by atoms with Gasteiger partial charge in [-0.2, -0.15) is 0 Å². The molecule has 1 fully saturated rings. The third kappa shape index (κ3) is 2.16. The predicted molar refractivity (Wildman–Crippen MR) is 45.1 cm³/mol. The van der Waals surface area contributed by atoms with Crippen molar-refractivity contribution in [2.24, 2.45) is 17.6 Å². The Hall–Kier alpha value is -0.110. The molecule has 2 heteroatoms. The Morgan fingerprint density at radius 1 is 1.45 bits per heavy atom. The number of nitrogens with two attached hydrogens (primary N) is 1. The van der Waals surface area contributed by atoms with Gasteiger partial charge >= 0.3 is 0 Å². The molecule has 2 N–H and O–H groups in total. The van der Waals surface area contributed by atoms with Crippen LogP contribution >= 0.6 is 0 Å². The summed E-state index contributed by atoms with van der Waals surface area (Å²) in [5.74, 6) is 0.367. The second kappa shape index (κ2) is 4.05. The van der Waals surface area contributed by atoms with Crippen LogP contribution in [0.3, 0.4) is 0 Å². The van der Waals surface area contributed by atoms with Crippen molar-refractivity contribution in [3.8, 4) is 0 Å². The Balaban J connectivity index is 2.32. The van der Waals surface area contributed by atoms with Gasteiger partial charge in [-0.1, -0.05) is 19.8 Å². The van der Waals surface area contributed by atoms with E-state index in [9.17, 15) is 4.39 Å². The highest BCUT2D eigenvalue weighted by atomic mass is 19.1. The van der Waals surface area contributed by atoms with Gasteiger partial charge in [0, 0.05) is 0 Å². The summed E-state index contributed by atoms with van der Waals surface area (Å²) in [5.41, 5.74) is 5.40. The molecule has 66 valence electrons. The third-order valence-corrected chi connectivity index (χ3v) is 2.77. The van der Waals surface area contributed by atoms with Crippen LogP contribution in [0.4, 0.5) is 4.39 Å². The zero-order chi connectivity index (χ0) is 8.27. The standard InChI is InChI=1S/C9H18FN/c1-7(6-11)9(10)8-4-2-3-5-8/h7-9H,2-6,11H2,1H3. The normalized spacial score (nSPS) is 25.4. The summed E-state index contributed by atoms with van der Waals surface area (Å²) in [6.45, 7) is 2.39.